The molecular weight excluding hydrogens is 296 g/mol. The number of nitrogens with one attached hydrogen (secondary N) is 1. The van der Waals surface area contributed by atoms with E-state index in [9.17, 15) is 18.3 Å². The van der Waals surface area contributed by atoms with Gasteiger partial charge >= 0.3 is 5.97 Å². The first kappa shape index (κ1) is 16.0. The number of carbonyl (C=O) groups is 1. The van der Waals surface area contributed by atoms with E-state index in [-0.39, 0.29) is 29.2 Å². The molecule has 0 aliphatic heterocycles. The summed E-state index contributed by atoms with van der Waals surface area (Å²) >= 11 is 0. The van der Waals surface area contributed by atoms with Crippen LogP contribution in [0.4, 0.5) is 0 Å². The third-order valence-electron chi connectivity index (χ3n) is 3.83. The molecule has 0 saturated heterocycles. The van der Waals surface area contributed by atoms with Crippen LogP contribution in [-0.2, 0) is 17.1 Å². The number of aliphatic hydroxyl groups excluding tert-OH is 1. The highest BCUT2D eigenvalue weighted by molar-refractivity contribution is 7.89. The minimum Gasteiger partial charge on any atom is -0.477 e. The van der Waals surface area contributed by atoms with E-state index in [0.717, 1.165) is 25.3 Å². The molecule has 0 amide bonds. The maximum atomic E-state index is 12.2. The highest BCUT2D eigenvalue weighted by Gasteiger charge is 2.24. The summed E-state index contributed by atoms with van der Waals surface area (Å²) in [7, 11) is -2.24. The van der Waals surface area contributed by atoms with Crippen LogP contribution in [0, 0.1) is 5.92 Å². The molecule has 1 aromatic rings. The Morgan fingerprint density at radius 2 is 2.19 bits per heavy atom. The highest BCUT2D eigenvalue weighted by atomic mass is 32.2. The lowest BCUT2D eigenvalue weighted by molar-refractivity contribution is 0.0686. The normalized spacial score (nSPS) is 23.1. The van der Waals surface area contributed by atoms with Crippen LogP contribution >= 0.6 is 0 Å². The fourth-order valence-corrected chi connectivity index (χ4v) is 3.84. The second-order valence-corrected chi connectivity index (χ2v) is 7.28. The largest absolute Gasteiger partial charge is 0.477 e. The minimum atomic E-state index is -3.73. The number of carboxylic acids is 1. The lowest BCUT2D eigenvalue weighted by atomic mass is 9.87. The molecule has 1 heterocycles. The first-order chi connectivity index (χ1) is 9.79. The van der Waals surface area contributed by atoms with Gasteiger partial charge in [0.25, 0.3) is 0 Å². The van der Waals surface area contributed by atoms with Crippen LogP contribution in [0.5, 0.6) is 0 Å². The van der Waals surface area contributed by atoms with Gasteiger partial charge in [-0.05, 0) is 31.2 Å². The maximum absolute atomic E-state index is 12.2. The topological polar surface area (TPSA) is 109 Å². The zero-order valence-corrected chi connectivity index (χ0v) is 12.6. The molecule has 1 aliphatic carbocycles. The Bertz CT molecular complexity index is 623. The quantitative estimate of drug-likeness (QED) is 0.735. The summed E-state index contributed by atoms with van der Waals surface area (Å²) in [6.45, 7) is 0.261. The third-order valence-corrected chi connectivity index (χ3v) is 5.22. The molecule has 0 spiro atoms. The Morgan fingerprint density at radius 1 is 1.48 bits per heavy atom. The van der Waals surface area contributed by atoms with Gasteiger partial charge in [0.05, 0.1) is 6.10 Å². The number of hydrogen-bond acceptors (Lipinski definition) is 4. The molecule has 21 heavy (non-hydrogen) atoms. The van der Waals surface area contributed by atoms with Gasteiger partial charge in [0.1, 0.15) is 10.6 Å². The van der Waals surface area contributed by atoms with Crippen LogP contribution in [0.3, 0.4) is 0 Å². The lowest BCUT2D eigenvalue weighted by Crippen LogP contribution is -2.32. The van der Waals surface area contributed by atoms with Crippen LogP contribution in [0.1, 0.15) is 36.2 Å². The molecule has 3 N–H and O–H groups in total. The van der Waals surface area contributed by atoms with Crippen molar-refractivity contribution in [3.8, 4) is 0 Å². The van der Waals surface area contributed by atoms with Crippen molar-refractivity contribution in [2.45, 2.75) is 36.7 Å². The smallest absolute Gasteiger partial charge is 0.352 e. The van der Waals surface area contributed by atoms with Crippen LogP contribution < -0.4 is 4.72 Å². The van der Waals surface area contributed by atoms with Crippen LogP contribution in [0.25, 0.3) is 0 Å². The van der Waals surface area contributed by atoms with E-state index >= 15 is 0 Å². The summed E-state index contributed by atoms with van der Waals surface area (Å²) in [4.78, 5) is 10.9. The van der Waals surface area contributed by atoms with Crippen molar-refractivity contribution >= 4 is 16.0 Å². The molecule has 2 rings (SSSR count). The molecule has 0 radical (unpaired) electrons. The van der Waals surface area contributed by atoms with E-state index in [1.54, 1.807) is 0 Å². The molecule has 1 aliphatic rings. The molecule has 2 unspecified atom stereocenters. The number of aromatic carboxylic acids is 1. The first-order valence-corrected chi connectivity index (χ1v) is 8.35. The Balaban J connectivity index is 2.04. The standard InChI is InChI=1S/C13H20N2O5S/c1-15-8-11(6-12(15)13(17)18)21(19,20)14-7-9-3-2-4-10(16)5-9/h6,8-10,14,16H,2-5,7H2,1H3,(H,17,18). The van der Waals surface area contributed by atoms with Gasteiger partial charge in [-0.2, -0.15) is 0 Å². The SMILES string of the molecule is Cn1cc(S(=O)(=O)NCC2CCCC(O)C2)cc1C(=O)O. The number of sulfonamides is 1. The molecule has 118 valence electrons. The van der Waals surface area contributed by atoms with Gasteiger partial charge in [-0.15, -0.1) is 0 Å². The Hall–Kier alpha value is -1.38. The summed E-state index contributed by atoms with van der Waals surface area (Å²) in [6, 6.07) is 1.14. The zero-order valence-electron chi connectivity index (χ0n) is 11.8. The summed E-state index contributed by atoms with van der Waals surface area (Å²) in [5.74, 6) is -1.06. The van der Waals surface area contributed by atoms with Gasteiger partial charge < -0.3 is 14.8 Å². The van der Waals surface area contributed by atoms with E-state index in [4.69, 9.17) is 5.11 Å². The average Bonchev–Trinajstić information content (AvgIpc) is 2.80. The van der Waals surface area contributed by atoms with Gasteiger partial charge in [-0.3, -0.25) is 0 Å². The van der Waals surface area contributed by atoms with Gasteiger partial charge in [0, 0.05) is 19.8 Å². The van der Waals surface area contributed by atoms with Gasteiger partial charge in [0.15, 0.2) is 0 Å². The van der Waals surface area contributed by atoms with Crippen molar-refractivity contribution in [1.82, 2.24) is 9.29 Å². The number of carboxylic acid groups (broad SMARTS) is 1. The fraction of sp³-hybridized carbons (Fsp3) is 0.615. The molecule has 7 nitrogen and oxygen atoms in total. The van der Waals surface area contributed by atoms with Crippen LogP contribution in [0.2, 0.25) is 0 Å². The fourth-order valence-electron chi connectivity index (χ4n) is 2.65. The number of aryl methyl sites for hydroxylation is 1. The number of nitrogens with zero attached hydrogens (tertiary/aromatic N) is 1. The predicted molar refractivity (Wildman–Crippen MR) is 75.5 cm³/mol. The van der Waals surface area contributed by atoms with Crippen LogP contribution in [-0.4, -0.2) is 41.8 Å². The first-order valence-electron chi connectivity index (χ1n) is 6.87. The van der Waals surface area contributed by atoms with E-state index in [1.165, 1.54) is 17.8 Å². The zero-order chi connectivity index (χ0) is 15.6. The lowest BCUT2D eigenvalue weighted by Gasteiger charge is -2.25. The van der Waals surface area contributed by atoms with Crippen molar-refractivity contribution < 1.29 is 23.4 Å². The molecule has 2 atom stereocenters. The van der Waals surface area contributed by atoms with E-state index in [1.807, 2.05) is 0 Å². The van der Waals surface area contributed by atoms with Gasteiger partial charge in [-0.1, -0.05) is 6.42 Å². The second-order valence-electron chi connectivity index (χ2n) is 5.52. The van der Waals surface area contributed by atoms with Crippen molar-refractivity contribution in [3.63, 3.8) is 0 Å². The second kappa shape index (κ2) is 6.17. The Labute approximate surface area is 123 Å². The predicted octanol–water partition coefficient (Wildman–Crippen LogP) is 0.553. The number of aromatic nitrogens is 1. The molecule has 0 aromatic carbocycles. The van der Waals surface area contributed by atoms with Crippen molar-refractivity contribution in [2.75, 3.05) is 6.54 Å². The highest BCUT2D eigenvalue weighted by Crippen LogP contribution is 2.24. The summed E-state index contributed by atoms with van der Waals surface area (Å²) in [5, 5.41) is 18.5. The van der Waals surface area contributed by atoms with E-state index in [2.05, 4.69) is 4.72 Å². The summed E-state index contributed by atoms with van der Waals surface area (Å²) in [5.41, 5.74) is -0.0801. The van der Waals surface area contributed by atoms with Gasteiger partial charge in [-0.25, -0.2) is 17.9 Å². The number of rotatable bonds is 5. The van der Waals surface area contributed by atoms with Crippen molar-refractivity contribution in [2.24, 2.45) is 13.0 Å². The molecule has 0 bridgehead atoms. The molecule has 1 fully saturated rings. The Morgan fingerprint density at radius 3 is 2.76 bits per heavy atom. The number of aliphatic hydroxyl groups is 1. The van der Waals surface area contributed by atoms with E-state index < -0.39 is 16.0 Å². The molecule has 1 aromatic heterocycles. The Kier molecular flexibility index (Phi) is 4.70. The molecular formula is C13H20N2O5S. The molecule has 8 heteroatoms. The van der Waals surface area contributed by atoms with E-state index in [0.29, 0.717) is 6.42 Å². The minimum absolute atomic E-state index is 0.0567. The monoisotopic (exact) mass is 316 g/mol. The average molecular weight is 316 g/mol. The van der Waals surface area contributed by atoms with Crippen molar-refractivity contribution in [1.29, 1.82) is 0 Å². The molecule has 1 saturated carbocycles. The summed E-state index contributed by atoms with van der Waals surface area (Å²) in [6.07, 6.45) is 4.06. The van der Waals surface area contributed by atoms with Crippen LogP contribution in [0.15, 0.2) is 17.2 Å². The third kappa shape index (κ3) is 3.84. The maximum Gasteiger partial charge on any atom is 0.352 e. The van der Waals surface area contributed by atoms with Gasteiger partial charge in [0.2, 0.25) is 10.0 Å². The number of hydrogen-bond donors (Lipinski definition) is 3. The van der Waals surface area contributed by atoms with Crippen molar-refractivity contribution in [3.05, 3.63) is 18.0 Å². The summed E-state index contributed by atoms with van der Waals surface area (Å²) < 4.78 is 28.1.